The Labute approximate surface area is 125 Å². The summed E-state index contributed by atoms with van der Waals surface area (Å²) in [6.45, 7) is 6.55. The third kappa shape index (κ3) is 2.50. The maximum atomic E-state index is 5.43. The van der Waals surface area contributed by atoms with Gasteiger partial charge in [-0.25, -0.2) is 0 Å². The molecule has 0 amide bonds. The SMILES string of the molecule is CSC(C)N1C2CCC1C(Cc1nc(C(C)C)no1)C2. The monoisotopic (exact) mass is 295 g/mol. The van der Waals surface area contributed by atoms with Gasteiger partial charge in [0, 0.05) is 24.4 Å². The van der Waals surface area contributed by atoms with Crippen molar-refractivity contribution in [2.24, 2.45) is 5.92 Å². The van der Waals surface area contributed by atoms with E-state index in [2.05, 4.69) is 42.1 Å². The van der Waals surface area contributed by atoms with Gasteiger partial charge in [0.2, 0.25) is 5.89 Å². The van der Waals surface area contributed by atoms with Crippen LogP contribution in [0, 0.1) is 5.92 Å². The van der Waals surface area contributed by atoms with E-state index in [4.69, 9.17) is 4.52 Å². The van der Waals surface area contributed by atoms with Crippen molar-refractivity contribution >= 4 is 11.8 Å². The first-order valence-corrected chi connectivity index (χ1v) is 9.01. The molecular weight excluding hydrogens is 270 g/mol. The summed E-state index contributed by atoms with van der Waals surface area (Å²) in [6.07, 6.45) is 7.18. The van der Waals surface area contributed by atoms with Crippen LogP contribution >= 0.6 is 11.8 Å². The number of nitrogens with zero attached hydrogens (tertiary/aromatic N) is 3. The molecule has 3 heterocycles. The lowest BCUT2D eigenvalue weighted by atomic mass is 9.87. The Morgan fingerprint density at radius 3 is 2.80 bits per heavy atom. The van der Waals surface area contributed by atoms with Gasteiger partial charge in [0.15, 0.2) is 5.82 Å². The van der Waals surface area contributed by atoms with E-state index in [9.17, 15) is 0 Å². The fourth-order valence-electron chi connectivity index (χ4n) is 3.87. The largest absolute Gasteiger partial charge is 0.339 e. The van der Waals surface area contributed by atoms with Crippen LogP contribution in [-0.4, -0.2) is 38.8 Å². The van der Waals surface area contributed by atoms with Gasteiger partial charge in [-0.3, -0.25) is 4.90 Å². The first-order valence-electron chi connectivity index (χ1n) is 7.72. The Hall–Kier alpha value is -0.550. The molecular formula is C15H25N3OS. The molecule has 4 atom stereocenters. The lowest BCUT2D eigenvalue weighted by molar-refractivity contribution is 0.224. The number of hydrogen-bond donors (Lipinski definition) is 0. The van der Waals surface area contributed by atoms with Crippen molar-refractivity contribution in [3.63, 3.8) is 0 Å². The molecule has 112 valence electrons. The summed E-state index contributed by atoms with van der Waals surface area (Å²) in [5, 5.41) is 4.72. The topological polar surface area (TPSA) is 42.2 Å². The molecule has 0 saturated carbocycles. The first kappa shape index (κ1) is 14.4. The highest BCUT2D eigenvalue weighted by atomic mass is 32.2. The maximum Gasteiger partial charge on any atom is 0.226 e. The molecule has 0 aliphatic carbocycles. The van der Waals surface area contributed by atoms with E-state index in [1.807, 2.05) is 11.8 Å². The molecule has 20 heavy (non-hydrogen) atoms. The van der Waals surface area contributed by atoms with Crippen LogP contribution in [0.25, 0.3) is 0 Å². The molecule has 2 aliphatic heterocycles. The summed E-state index contributed by atoms with van der Waals surface area (Å²) in [4.78, 5) is 7.28. The van der Waals surface area contributed by atoms with Gasteiger partial charge in [-0.05, 0) is 38.4 Å². The van der Waals surface area contributed by atoms with Crippen LogP contribution in [0.4, 0.5) is 0 Å². The van der Waals surface area contributed by atoms with Crippen molar-refractivity contribution in [2.75, 3.05) is 6.26 Å². The van der Waals surface area contributed by atoms with E-state index < -0.39 is 0 Å². The third-order valence-corrected chi connectivity index (χ3v) is 5.84. The van der Waals surface area contributed by atoms with Gasteiger partial charge in [0.05, 0.1) is 5.37 Å². The molecule has 0 aromatic carbocycles. The zero-order valence-corrected chi connectivity index (χ0v) is 13.7. The molecule has 1 aromatic rings. The van der Waals surface area contributed by atoms with Crippen LogP contribution in [0.2, 0.25) is 0 Å². The minimum Gasteiger partial charge on any atom is -0.339 e. The van der Waals surface area contributed by atoms with E-state index in [-0.39, 0.29) is 0 Å². The van der Waals surface area contributed by atoms with Crippen molar-refractivity contribution in [3.8, 4) is 0 Å². The molecule has 2 saturated heterocycles. The minimum atomic E-state index is 0.348. The zero-order valence-electron chi connectivity index (χ0n) is 12.9. The quantitative estimate of drug-likeness (QED) is 0.834. The van der Waals surface area contributed by atoms with E-state index in [1.165, 1.54) is 19.3 Å². The third-order valence-electron chi connectivity index (χ3n) is 4.92. The summed E-state index contributed by atoms with van der Waals surface area (Å²) in [7, 11) is 0. The second-order valence-corrected chi connectivity index (χ2v) is 7.64. The molecule has 0 spiro atoms. The highest BCUT2D eigenvalue weighted by Crippen LogP contribution is 2.45. The Morgan fingerprint density at radius 2 is 2.15 bits per heavy atom. The van der Waals surface area contributed by atoms with Crippen LogP contribution < -0.4 is 0 Å². The molecule has 4 unspecified atom stereocenters. The van der Waals surface area contributed by atoms with Crippen LogP contribution in [-0.2, 0) is 6.42 Å². The average molecular weight is 295 g/mol. The van der Waals surface area contributed by atoms with E-state index in [0.717, 1.165) is 30.2 Å². The number of thioether (sulfide) groups is 1. The molecule has 1 aromatic heterocycles. The summed E-state index contributed by atoms with van der Waals surface area (Å²) in [6, 6.07) is 1.50. The van der Waals surface area contributed by atoms with E-state index >= 15 is 0 Å². The Balaban J connectivity index is 1.67. The van der Waals surface area contributed by atoms with Gasteiger partial charge >= 0.3 is 0 Å². The standard InChI is InChI=1S/C15H25N3OS/c1-9(2)15-16-14(19-17-15)8-11-7-12-5-6-13(11)18(12)10(3)20-4/h9-13H,5-8H2,1-4H3. The van der Waals surface area contributed by atoms with Crippen molar-refractivity contribution in [3.05, 3.63) is 11.7 Å². The molecule has 5 heteroatoms. The summed E-state index contributed by atoms with van der Waals surface area (Å²) < 4.78 is 5.43. The van der Waals surface area contributed by atoms with E-state index in [0.29, 0.717) is 17.2 Å². The maximum absolute atomic E-state index is 5.43. The first-order chi connectivity index (χ1) is 9.60. The van der Waals surface area contributed by atoms with Crippen molar-refractivity contribution in [1.82, 2.24) is 15.0 Å². The average Bonchev–Trinajstić information content (AvgIpc) is 3.11. The number of rotatable bonds is 5. The molecule has 4 nitrogen and oxygen atoms in total. The van der Waals surface area contributed by atoms with Gasteiger partial charge < -0.3 is 4.52 Å². The second-order valence-electron chi connectivity index (χ2n) is 6.48. The Bertz CT molecular complexity index is 462. The number of fused-ring (bicyclic) bond motifs is 2. The zero-order chi connectivity index (χ0) is 14.3. The summed E-state index contributed by atoms with van der Waals surface area (Å²) >= 11 is 1.96. The summed E-state index contributed by atoms with van der Waals surface area (Å²) in [5.74, 6) is 2.73. The number of aromatic nitrogens is 2. The molecule has 2 bridgehead atoms. The van der Waals surface area contributed by atoms with Gasteiger partial charge in [0.25, 0.3) is 0 Å². The molecule has 0 N–H and O–H groups in total. The summed E-state index contributed by atoms with van der Waals surface area (Å²) in [5.41, 5.74) is 0. The second kappa shape index (κ2) is 5.68. The normalized spacial score (nSPS) is 31.4. The predicted octanol–water partition coefficient (Wildman–Crippen LogP) is 3.30. The van der Waals surface area contributed by atoms with Crippen LogP contribution in [0.5, 0.6) is 0 Å². The highest BCUT2D eigenvalue weighted by Gasteiger charge is 2.48. The predicted molar refractivity (Wildman–Crippen MR) is 81.8 cm³/mol. The van der Waals surface area contributed by atoms with Gasteiger partial charge in [-0.15, -0.1) is 11.8 Å². The van der Waals surface area contributed by atoms with Crippen molar-refractivity contribution in [2.45, 2.75) is 69.8 Å². The molecule has 2 aliphatic rings. The molecule has 2 fully saturated rings. The lowest BCUT2D eigenvalue weighted by Gasteiger charge is -2.28. The lowest BCUT2D eigenvalue weighted by Crippen LogP contribution is -2.36. The van der Waals surface area contributed by atoms with Crippen LogP contribution in [0.15, 0.2) is 4.52 Å². The smallest absolute Gasteiger partial charge is 0.226 e. The van der Waals surface area contributed by atoms with E-state index in [1.54, 1.807) is 0 Å². The van der Waals surface area contributed by atoms with Crippen LogP contribution in [0.1, 0.15) is 57.7 Å². The van der Waals surface area contributed by atoms with Crippen molar-refractivity contribution in [1.29, 1.82) is 0 Å². The molecule has 3 rings (SSSR count). The Morgan fingerprint density at radius 1 is 1.35 bits per heavy atom. The fraction of sp³-hybridized carbons (Fsp3) is 0.867. The highest BCUT2D eigenvalue weighted by molar-refractivity contribution is 7.99. The van der Waals surface area contributed by atoms with Gasteiger partial charge in [0.1, 0.15) is 0 Å². The fourth-order valence-corrected chi connectivity index (χ4v) is 4.45. The van der Waals surface area contributed by atoms with Crippen molar-refractivity contribution < 1.29 is 4.52 Å². The van der Waals surface area contributed by atoms with Gasteiger partial charge in [-0.1, -0.05) is 19.0 Å². The van der Waals surface area contributed by atoms with Gasteiger partial charge in [-0.2, -0.15) is 4.98 Å². The minimum absolute atomic E-state index is 0.348. The van der Waals surface area contributed by atoms with Crippen LogP contribution in [0.3, 0.4) is 0 Å². The molecule has 0 radical (unpaired) electrons. The Kier molecular flexibility index (Phi) is 4.09. The number of hydrogen-bond acceptors (Lipinski definition) is 5.